The summed E-state index contributed by atoms with van der Waals surface area (Å²) in [5.74, 6) is 0.0184. The third-order valence-corrected chi connectivity index (χ3v) is 6.18. The summed E-state index contributed by atoms with van der Waals surface area (Å²) in [6, 6.07) is 7.76. The molecule has 0 bridgehead atoms. The number of aromatic amines is 1. The van der Waals surface area contributed by atoms with Crippen LogP contribution in [0.2, 0.25) is 0 Å². The number of amides is 1. The zero-order valence-corrected chi connectivity index (χ0v) is 14.7. The monoisotopic (exact) mass is 340 g/mol. The van der Waals surface area contributed by atoms with Gasteiger partial charge in [-0.25, -0.2) is 4.98 Å². The van der Waals surface area contributed by atoms with Crippen LogP contribution in [-0.4, -0.2) is 39.1 Å². The van der Waals surface area contributed by atoms with Gasteiger partial charge in [-0.15, -0.1) is 11.3 Å². The van der Waals surface area contributed by atoms with Crippen molar-refractivity contribution in [3.63, 3.8) is 0 Å². The van der Waals surface area contributed by atoms with Crippen molar-refractivity contribution in [2.24, 2.45) is 0 Å². The highest BCUT2D eigenvalue weighted by Gasteiger charge is 2.36. The minimum Gasteiger partial charge on any atom is -0.337 e. The number of nitrogens with zero attached hydrogens (tertiary/aromatic N) is 3. The van der Waals surface area contributed by atoms with Gasteiger partial charge in [-0.2, -0.15) is 5.10 Å². The van der Waals surface area contributed by atoms with Crippen LogP contribution in [0.25, 0.3) is 10.9 Å². The zero-order chi connectivity index (χ0) is 16.7. The number of carbonyl (C=O) groups excluding carboxylic acids is 1. The van der Waals surface area contributed by atoms with Crippen LogP contribution in [0, 0.1) is 6.92 Å². The highest BCUT2D eigenvalue weighted by Crippen LogP contribution is 2.37. The summed E-state index contributed by atoms with van der Waals surface area (Å²) >= 11 is 1.77. The second-order valence-corrected chi connectivity index (χ2v) is 7.98. The third kappa shape index (κ3) is 2.51. The van der Waals surface area contributed by atoms with Crippen LogP contribution >= 0.6 is 11.3 Å². The van der Waals surface area contributed by atoms with Crippen LogP contribution in [0.5, 0.6) is 0 Å². The summed E-state index contributed by atoms with van der Waals surface area (Å²) in [5, 5.41) is 9.28. The Morgan fingerprint density at radius 2 is 2.04 bits per heavy atom. The first-order valence-electron chi connectivity index (χ1n) is 8.22. The Kier molecular flexibility index (Phi) is 3.64. The Labute approximate surface area is 144 Å². The predicted octanol–water partition coefficient (Wildman–Crippen LogP) is 3.52. The van der Waals surface area contributed by atoms with Crippen molar-refractivity contribution in [2.75, 3.05) is 13.1 Å². The van der Waals surface area contributed by atoms with E-state index in [0.717, 1.165) is 36.8 Å². The van der Waals surface area contributed by atoms with E-state index in [1.807, 2.05) is 35.4 Å². The molecule has 1 fully saturated rings. The number of hydrogen-bond donors (Lipinski definition) is 1. The Hall–Kier alpha value is -2.21. The van der Waals surface area contributed by atoms with Crippen molar-refractivity contribution in [1.82, 2.24) is 20.1 Å². The molecule has 1 aliphatic rings. The van der Waals surface area contributed by atoms with Gasteiger partial charge in [-0.05, 0) is 25.8 Å². The van der Waals surface area contributed by atoms with E-state index in [1.165, 1.54) is 9.88 Å². The number of likely N-dealkylation sites (tertiary alicyclic amines) is 1. The zero-order valence-electron chi connectivity index (χ0n) is 13.9. The fourth-order valence-corrected chi connectivity index (χ4v) is 4.29. The van der Waals surface area contributed by atoms with Gasteiger partial charge in [0.25, 0.3) is 5.91 Å². The largest absolute Gasteiger partial charge is 0.337 e. The molecule has 1 N–H and O–H groups in total. The van der Waals surface area contributed by atoms with Gasteiger partial charge in [0.15, 0.2) is 5.69 Å². The van der Waals surface area contributed by atoms with Crippen LogP contribution < -0.4 is 0 Å². The number of para-hydroxylation sites is 1. The van der Waals surface area contributed by atoms with Crippen LogP contribution in [0.3, 0.4) is 0 Å². The second-order valence-electron chi connectivity index (χ2n) is 6.75. The molecule has 1 aromatic carbocycles. The molecular weight excluding hydrogens is 320 g/mol. The highest BCUT2D eigenvalue weighted by molar-refractivity contribution is 7.11. The van der Waals surface area contributed by atoms with Crippen LogP contribution in [0.1, 0.15) is 40.1 Å². The molecule has 2 aromatic heterocycles. The lowest BCUT2D eigenvalue weighted by molar-refractivity contribution is 0.0672. The number of rotatable bonds is 2. The number of aryl methyl sites for hydroxylation is 1. The molecule has 0 spiro atoms. The van der Waals surface area contributed by atoms with Gasteiger partial charge in [0.05, 0.1) is 10.5 Å². The number of aromatic nitrogens is 3. The Balaban J connectivity index is 1.52. The van der Waals surface area contributed by atoms with Crippen LogP contribution in [0.15, 0.2) is 30.5 Å². The van der Waals surface area contributed by atoms with Crippen LogP contribution in [-0.2, 0) is 5.41 Å². The summed E-state index contributed by atoms with van der Waals surface area (Å²) < 4.78 is 0. The summed E-state index contributed by atoms with van der Waals surface area (Å²) in [4.78, 5) is 20.6. The molecule has 4 rings (SSSR count). The first-order valence-corrected chi connectivity index (χ1v) is 9.04. The van der Waals surface area contributed by atoms with Crippen molar-refractivity contribution in [1.29, 1.82) is 0 Å². The van der Waals surface area contributed by atoms with Gasteiger partial charge in [0.1, 0.15) is 0 Å². The van der Waals surface area contributed by atoms with Crippen molar-refractivity contribution in [3.05, 3.63) is 46.0 Å². The summed E-state index contributed by atoms with van der Waals surface area (Å²) in [6.07, 6.45) is 3.82. The minimum absolute atomic E-state index is 0.0184. The Bertz CT molecular complexity index is 889. The molecule has 3 heterocycles. The minimum atomic E-state index is 0.0184. The fourth-order valence-electron chi connectivity index (χ4n) is 3.33. The molecule has 0 radical (unpaired) electrons. The summed E-state index contributed by atoms with van der Waals surface area (Å²) in [6.45, 7) is 5.84. The first-order chi connectivity index (χ1) is 11.6. The molecule has 0 aliphatic carbocycles. The molecular formula is C18H20N4OS. The number of thiazole rings is 1. The topological polar surface area (TPSA) is 61.9 Å². The molecule has 0 saturated carbocycles. The van der Waals surface area contributed by atoms with Gasteiger partial charge in [-0.1, -0.05) is 25.1 Å². The number of benzene rings is 1. The lowest BCUT2D eigenvalue weighted by Gasteiger charge is -2.37. The van der Waals surface area contributed by atoms with Gasteiger partial charge >= 0.3 is 0 Å². The van der Waals surface area contributed by atoms with Gasteiger partial charge in [-0.3, -0.25) is 9.89 Å². The number of H-pyrrole nitrogens is 1. The quantitative estimate of drug-likeness (QED) is 0.776. The summed E-state index contributed by atoms with van der Waals surface area (Å²) in [7, 11) is 0. The van der Waals surface area contributed by atoms with Crippen molar-refractivity contribution >= 4 is 28.1 Å². The smallest absolute Gasteiger partial charge is 0.274 e. The van der Waals surface area contributed by atoms with E-state index in [4.69, 9.17) is 0 Å². The average Bonchev–Trinajstić information content (AvgIpc) is 3.21. The van der Waals surface area contributed by atoms with E-state index in [9.17, 15) is 4.79 Å². The van der Waals surface area contributed by atoms with Gasteiger partial charge in [0.2, 0.25) is 0 Å². The molecule has 24 heavy (non-hydrogen) atoms. The van der Waals surface area contributed by atoms with Crippen molar-refractivity contribution in [2.45, 2.75) is 32.1 Å². The number of hydrogen-bond acceptors (Lipinski definition) is 4. The Morgan fingerprint density at radius 1 is 1.29 bits per heavy atom. The SMILES string of the molecule is Cc1cnc(C2(C)CCN(C(=O)c3n[nH]c4ccccc34)CC2)s1. The Morgan fingerprint density at radius 3 is 2.75 bits per heavy atom. The maximum atomic E-state index is 12.9. The standard InChI is InChI=1S/C18H20N4OS/c1-12-11-19-17(24-12)18(2)7-9-22(10-8-18)16(23)15-13-5-3-4-6-14(13)20-21-15/h3-6,11H,7-10H2,1-2H3,(H,20,21). The van der Waals surface area contributed by atoms with E-state index < -0.39 is 0 Å². The lowest BCUT2D eigenvalue weighted by atomic mass is 9.81. The van der Waals surface area contributed by atoms with E-state index in [1.54, 1.807) is 11.3 Å². The number of fused-ring (bicyclic) bond motifs is 1. The second kappa shape index (κ2) is 5.70. The molecule has 6 heteroatoms. The number of carbonyl (C=O) groups is 1. The molecule has 5 nitrogen and oxygen atoms in total. The number of piperidine rings is 1. The average molecular weight is 340 g/mol. The van der Waals surface area contributed by atoms with Crippen molar-refractivity contribution in [3.8, 4) is 0 Å². The van der Waals surface area contributed by atoms with E-state index in [-0.39, 0.29) is 11.3 Å². The molecule has 1 aliphatic heterocycles. The van der Waals surface area contributed by atoms with Crippen molar-refractivity contribution < 1.29 is 4.79 Å². The number of nitrogens with one attached hydrogen (secondary N) is 1. The summed E-state index contributed by atoms with van der Waals surface area (Å²) in [5.41, 5.74) is 1.50. The fraction of sp³-hybridized carbons (Fsp3) is 0.389. The molecule has 0 atom stereocenters. The van der Waals surface area contributed by atoms with E-state index in [2.05, 4.69) is 29.0 Å². The maximum absolute atomic E-state index is 12.9. The van der Waals surface area contributed by atoms with Crippen LogP contribution in [0.4, 0.5) is 0 Å². The highest BCUT2D eigenvalue weighted by atomic mass is 32.1. The predicted molar refractivity (Wildman–Crippen MR) is 95.4 cm³/mol. The normalized spacial score (nSPS) is 17.3. The van der Waals surface area contributed by atoms with E-state index in [0.29, 0.717) is 5.69 Å². The first kappa shape index (κ1) is 15.3. The molecule has 3 aromatic rings. The van der Waals surface area contributed by atoms with Gasteiger partial charge < -0.3 is 4.90 Å². The molecule has 1 saturated heterocycles. The van der Waals surface area contributed by atoms with E-state index >= 15 is 0 Å². The maximum Gasteiger partial charge on any atom is 0.274 e. The third-order valence-electron chi connectivity index (χ3n) is 4.96. The molecule has 1 amide bonds. The lowest BCUT2D eigenvalue weighted by Crippen LogP contribution is -2.44. The van der Waals surface area contributed by atoms with Gasteiger partial charge in [0, 0.05) is 35.0 Å². The molecule has 0 unspecified atom stereocenters. The molecule has 124 valence electrons.